The summed E-state index contributed by atoms with van der Waals surface area (Å²) in [4.78, 5) is 9.64. The highest BCUT2D eigenvalue weighted by atomic mass is 79.9. The Bertz CT molecular complexity index is 622. The number of aromatic nitrogens is 2. The molecule has 98 valence electrons. The van der Waals surface area contributed by atoms with Gasteiger partial charge in [-0.15, -0.1) is 0 Å². The van der Waals surface area contributed by atoms with Crippen molar-refractivity contribution < 1.29 is 0 Å². The second-order valence-electron chi connectivity index (χ2n) is 4.06. The summed E-state index contributed by atoms with van der Waals surface area (Å²) in [6.45, 7) is 3.87. The molecule has 0 unspecified atom stereocenters. The molecule has 4 nitrogen and oxygen atoms in total. The first kappa shape index (κ1) is 14.0. The van der Waals surface area contributed by atoms with Crippen LogP contribution in [0.1, 0.15) is 17.0 Å². The number of halogens is 1. The van der Waals surface area contributed by atoms with Crippen molar-refractivity contribution in [3.8, 4) is 0 Å². The van der Waals surface area contributed by atoms with Crippen LogP contribution in [0.4, 0.5) is 0 Å². The number of nitrogens with two attached hydrogens (primary N) is 1. The molecule has 0 bridgehead atoms. The molecule has 2 rings (SSSR count). The number of hydrogen-bond donors (Lipinski definition) is 2. The molecule has 0 aliphatic carbocycles. The zero-order valence-corrected chi connectivity index (χ0v) is 13.0. The summed E-state index contributed by atoms with van der Waals surface area (Å²) in [7, 11) is 0. The average molecular weight is 337 g/mol. The molecule has 19 heavy (non-hydrogen) atoms. The summed E-state index contributed by atoms with van der Waals surface area (Å²) < 4.78 is 0.800. The quantitative estimate of drug-likeness (QED) is 0.512. The van der Waals surface area contributed by atoms with Crippen molar-refractivity contribution in [2.24, 2.45) is 5.73 Å². The molecular formula is C13H13BrN4S. The second-order valence-corrected chi connectivity index (χ2v) is 5.93. The molecule has 1 aromatic heterocycles. The molecular weight excluding hydrogens is 324 g/mol. The molecule has 0 aliphatic rings. The summed E-state index contributed by atoms with van der Waals surface area (Å²) in [5.74, 6) is 0.0272. The Kier molecular flexibility index (Phi) is 4.21. The number of nitrogens with zero attached hydrogens (tertiary/aromatic N) is 2. The Labute approximate surface area is 124 Å². The summed E-state index contributed by atoms with van der Waals surface area (Å²) in [5, 5.41) is 8.33. The highest BCUT2D eigenvalue weighted by molar-refractivity contribution is 9.10. The Balaban J connectivity index is 2.43. The third-order valence-corrected chi connectivity index (χ3v) is 3.99. The number of rotatable bonds is 3. The van der Waals surface area contributed by atoms with Gasteiger partial charge >= 0.3 is 0 Å². The summed E-state index contributed by atoms with van der Waals surface area (Å²) >= 11 is 4.83. The zero-order valence-electron chi connectivity index (χ0n) is 10.6. The van der Waals surface area contributed by atoms with Gasteiger partial charge in [0.05, 0.1) is 0 Å². The third-order valence-electron chi connectivity index (χ3n) is 2.41. The van der Waals surface area contributed by atoms with Gasteiger partial charge < -0.3 is 5.73 Å². The van der Waals surface area contributed by atoms with Crippen molar-refractivity contribution >= 4 is 33.5 Å². The molecule has 0 radical (unpaired) electrons. The molecule has 6 heteroatoms. The van der Waals surface area contributed by atoms with E-state index in [1.54, 1.807) is 0 Å². The highest BCUT2D eigenvalue weighted by Crippen LogP contribution is 2.32. The van der Waals surface area contributed by atoms with Gasteiger partial charge in [0.15, 0.2) is 5.16 Å². The fourth-order valence-corrected chi connectivity index (χ4v) is 3.44. The minimum Gasteiger partial charge on any atom is -0.384 e. The SMILES string of the molecule is Cc1cc(C)nc(Sc2cccc(Br)c2C(=N)N)n1. The number of amidine groups is 1. The van der Waals surface area contributed by atoms with E-state index in [1.807, 2.05) is 38.1 Å². The maximum absolute atomic E-state index is 7.66. The number of nitrogens with one attached hydrogen (secondary N) is 1. The molecule has 2 aromatic rings. The first-order valence-corrected chi connectivity index (χ1v) is 7.21. The minimum atomic E-state index is 0.0272. The van der Waals surface area contributed by atoms with Crippen LogP contribution >= 0.6 is 27.7 Å². The first-order chi connectivity index (χ1) is 8.97. The molecule has 0 saturated heterocycles. The maximum atomic E-state index is 7.66. The lowest BCUT2D eigenvalue weighted by Gasteiger charge is -2.09. The van der Waals surface area contributed by atoms with Crippen LogP contribution in [0, 0.1) is 19.3 Å². The number of benzene rings is 1. The van der Waals surface area contributed by atoms with Crippen molar-refractivity contribution in [2.75, 3.05) is 0 Å². The second kappa shape index (κ2) is 5.71. The summed E-state index contributed by atoms with van der Waals surface area (Å²) in [6.07, 6.45) is 0. The van der Waals surface area contributed by atoms with Gasteiger partial charge in [0.2, 0.25) is 0 Å². The number of hydrogen-bond acceptors (Lipinski definition) is 4. The molecule has 1 heterocycles. The van der Waals surface area contributed by atoms with Crippen molar-refractivity contribution in [3.63, 3.8) is 0 Å². The van der Waals surface area contributed by atoms with E-state index in [0.717, 1.165) is 20.8 Å². The smallest absolute Gasteiger partial charge is 0.192 e. The Morgan fingerprint density at radius 2 is 1.89 bits per heavy atom. The van der Waals surface area contributed by atoms with E-state index in [9.17, 15) is 0 Å². The van der Waals surface area contributed by atoms with Gasteiger partial charge in [0.1, 0.15) is 5.84 Å². The molecule has 0 fully saturated rings. The molecule has 0 atom stereocenters. The van der Waals surface area contributed by atoms with Crippen LogP contribution in [0.3, 0.4) is 0 Å². The fraction of sp³-hybridized carbons (Fsp3) is 0.154. The molecule has 0 spiro atoms. The lowest BCUT2D eigenvalue weighted by atomic mass is 10.2. The average Bonchev–Trinajstić information content (AvgIpc) is 2.26. The highest BCUT2D eigenvalue weighted by Gasteiger charge is 2.12. The standard InChI is InChI=1S/C13H13BrN4S/c1-7-6-8(2)18-13(17-7)19-10-5-3-4-9(14)11(10)12(15)16/h3-6H,1-2H3,(H3,15,16). The van der Waals surface area contributed by atoms with E-state index in [4.69, 9.17) is 11.1 Å². The summed E-state index contributed by atoms with van der Waals surface area (Å²) in [6, 6.07) is 7.61. The van der Waals surface area contributed by atoms with Crippen molar-refractivity contribution in [3.05, 3.63) is 45.7 Å². The molecule has 0 amide bonds. The fourth-order valence-electron chi connectivity index (χ4n) is 1.69. The van der Waals surface area contributed by atoms with Crippen molar-refractivity contribution in [1.29, 1.82) is 5.41 Å². The van der Waals surface area contributed by atoms with E-state index in [2.05, 4.69) is 25.9 Å². The van der Waals surface area contributed by atoms with Crippen LogP contribution in [0.2, 0.25) is 0 Å². The van der Waals surface area contributed by atoms with Crippen LogP contribution in [-0.2, 0) is 0 Å². The Morgan fingerprint density at radius 3 is 2.47 bits per heavy atom. The van der Waals surface area contributed by atoms with Gasteiger partial charge in [0, 0.05) is 26.3 Å². The predicted molar refractivity (Wildman–Crippen MR) is 80.8 cm³/mol. The van der Waals surface area contributed by atoms with Crippen LogP contribution in [0.5, 0.6) is 0 Å². The Hall–Kier alpha value is -1.40. The molecule has 0 saturated carbocycles. The normalized spacial score (nSPS) is 10.5. The van der Waals surface area contributed by atoms with Crippen LogP contribution in [0.25, 0.3) is 0 Å². The maximum Gasteiger partial charge on any atom is 0.192 e. The minimum absolute atomic E-state index is 0.0272. The molecule has 0 aliphatic heterocycles. The number of aryl methyl sites for hydroxylation is 2. The summed E-state index contributed by atoms with van der Waals surface area (Å²) in [5.41, 5.74) is 8.15. The first-order valence-electron chi connectivity index (χ1n) is 5.60. The van der Waals surface area contributed by atoms with Gasteiger partial charge in [-0.2, -0.15) is 0 Å². The third kappa shape index (κ3) is 3.33. The predicted octanol–water partition coefficient (Wildman–Crippen LogP) is 3.29. The monoisotopic (exact) mass is 336 g/mol. The van der Waals surface area contributed by atoms with Crippen LogP contribution in [0.15, 0.2) is 38.8 Å². The van der Waals surface area contributed by atoms with E-state index in [1.165, 1.54) is 11.8 Å². The van der Waals surface area contributed by atoms with Gasteiger partial charge in [-0.25, -0.2) is 9.97 Å². The topological polar surface area (TPSA) is 75.7 Å². The number of nitrogen functional groups attached to an aromatic ring is 1. The van der Waals surface area contributed by atoms with E-state index < -0.39 is 0 Å². The van der Waals surface area contributed by atoms with Gasteiger partial charge in [0.25, 0.3) is 0 Å². The lowest BCUT2D eigenvalue weighted by molar-refractivity contribution is 0.902. The Morgan fingerprint density at radius 1 is 1.26 bits per heavy atom. The largest absolute Gasteiger partial charge is 0.384 e. The van der Waals surface area contributed by atoms with Crippen LogP contribution in [-0.4, -0.2) is 15.8 Å². The van der Waals surface area contributed by atoms with Crippen molar-refractivity contribution in [2.45, 2.75) is 23.9 Å². The molecule has 1 aromatic carbocycles. The zero-order chi connectivity index (χ0) is 14.0. The lowest BCUT2D eigenvalue weighted by Crippen LogP contribution is -2.13. The van der Waals surface area contributed by atoms with E-state index in [0.29, 0.717) is 10.7 Å². The van der Waals surface area contributed by atoms with Gasteiger partial charge in [-0.3, -0.25) is 5.41 Å². The molecule has 3 N–H and O–H groups in total. The van der Waals surface area contributed by atoms with E-state index >= 15 is 0 Å². The van der Waals surface area contributed by atoms with Crippen molar-refractivity contribution in [1.82, 2.24) is 9.97 Å². The van der Waals surface area contributed by atoms with E-state index in [-0.39, 0.29) is 5.84 Å². The van der Waals surface area contributed by atoms with Gasteiger partial charge in [-0.1, -0.05) is 6.07 Å². The van der Waals surface area contributed by atoms with Gasteiger partial charge in [-0.05, 0) is 59.7 Å². The van der Waals surface area contributed by atoms with Crippen LogP contribution < -0.4 is 5.73 Å².